The van der Waals surface area contributed by atoms with Crippen LogP contribution in [0.3, 0.4) is 0 Å². The highest BCUT2D eigenvalue weighted by Gasteiger charge is 2.45. The lowest BCUT2D eigenvalue weighted by Gasteiger charge is -2.36. The van der Waals surface area contributed by atoms with Crippen molar-refractivity contribution in [1.82, 2.24) is 0 Å². The molecule has 260 valence electrons. The molecule has 8 rings (SSSR count). The number of nitrogens with zero attached hydrogens (tertiary/aromatic N) is 1. The lowest BCUT2D eigenvalue weighted by atomic mass is 9.67. The Morgan fingerprint density at radius 2 is 0.981 bits per heavy atom. The Bertz CT molecular complexity index is 2450. The summed E-state index contributed by atoms with van der Waals surface area (Å²) in [4.78, 5) is 2.41. The first-order valence-electron chi connectivity index (χ1n) is 18.6. The third-order valence-electron chi connectivity index (χ3n) is 10.9. The van der Waals surface area contributed by atoms with E-state index in [1.165, 1.54) is 55.7 Å². The van der Waals surface area contributed by atoms with E-state index in [9.17, 15) is 0 Å². The summed E-state index contributed by atoms with van der Waals surface area (Å²) in [6.07, 6.45) is 6.09. The second-order valence-corrected chi connectivity index (χ2v) is 13.9. The molecule has 7 aromatic rings. The van der Waals surface area contributed by atoms with E-state index in [2.05, 4.69) is 220 Å². The Morgan fingerprint density at radius 1 is 0.500 bits per heavy atom. The molecule has 0 aromatic heterocycles. The van der Waals surface area contributed by atoms with Crippen molar-refractivity contribution in [2.75, 3.05) is 4.90 Å². The molecule has 7 aromatic carbocycles. The second kappa shape index (κ2) is 14.7. The van der Waals surface area contributed by atoms with Gasteiger partial charge in [-0.15, -0.1) is 0 Å². The largest absolute Gasteiger partial charge is 0.310 e. The van der Waals surface area contributed by atoms with Crippen molar-refractivity contribution >= 4 is 22.6 Å². The molecule has 0 aliphatic heterocycles. The minimum atomic E-state index is -0.492. The van der Waals surface area contributed by atoms with Gasteiger partial charge in [-0.25, -0.2) is 0 Å². The van der Waals surface area contributed by atoms with Crippen LogP contribution in [0.2, 0.25) is 0 Å². The highest BCUT2D eigenvalue weighted by atomic mass is 15.1. The van der Waals surface area contributed by atoms with Crippen LogP contribution < -0.4 is 4.90 Å². The van der Waals surface area contributed by atoms with Crippen LogP contribution in [0.4, 0.5) is 17.1 Å². The Kier molecular flexibility index (Phi) is 9.38. The third kappa shape index (κ3) is 6.04. The summed E-state index contributed by atoms with van der Waals surface area (Å²) in [6, 6.07) is 65.7. The molecule has 1 atom stereocenters. The van der Waals surface area contributed by atoms with E-state index >= 15 is 0 Å². The van der Waals surface area contributed by atoms with Crippen LogP contribution in [0.25, 0.3) is 39.0 Å². The van der Waals surface area contributed by atoms with Gasteiger partial charge in [0, 0.05) is 17.1 Å². The fourth-order valence-corrected chi connectivity index (χ4v) is 8.40. The molecule has 1 nitrogen and oxygen atoms in total. The highest BCUT2D eigenvalue weighted by Crippen LogP contribution is 2.56. The predicted octanol–water partition coefficient (Wildman–Crippen LogP) is 14.5. The Balaban J connectivity index is 1.40. The van der Waals surface area contributed by atoms with Gasteiger partial charge in [0.1, 0.15) is 0 Å². The van der Waals surface area contributed by atoms with Crippen molar-refractivity contribution in [3.05, 3.63) is 241 Å². The van der Waals surface area contributed by atoms with Crippen LogP contribution in [-0.2, 0) is 5.41 Å². The number of hydrogen-bond donors (Lipinski definition) is 0. The van der Waals surface area contributed by atoms with Crippen molar-refractivity contribution in [3.8, 4) is 33.4 Å². The first-order chi connectivity index (χ1) is 26.5. The van der Waals surface area contributed by atoms with Gasteiger partial charge in [-0.1, -0.05) is 176 Å². The van der Waals surface area contributed by atoms with Crippen molar-refractivity contribution < 1.29 is 0 Å². The molecule has 0 spiro atoms. The zero-order valence-electron chi connectivity index (χ0n) is 30.9. The smallest absolute Gasteiger partial charge is 0.0634 e. The van der Waals surface area contributed by atoms with Gasteiger partial charge in [0.2, 0.25) is 0 Å². The van der Waals surface area contributed by atoms with Gasteiger partial charge >= 0.3 is 0 Å². The molecule has 1 aliphatic carbocycles. The van der Waals surface area contributed by atoms with Gasteiger partial charge in [-0.2, -0.15) is 0 Å². The molecule has 0 N–H and O–H groups in total. The average Bonchev–Trinajstić information content (AvgIpc) is 3.49. The Labute approximate surface area is 320 Å². The van der Waals surface area contributed by atoms with Crippen molar-refractivity contribution in [3.63, 3.8) is 0 Å². The molecule has 0 fully saturated rings. The first kappa shape index (κ1) is 34.4. The van der Waals surface area contributed by atoms with Crippen molar-refractivity contribution in [1.29, 1.82) is 0 Å². The van der Waals surface area contributed by atoms with E-state index in [1.807, 2.05) is 12.2 Å². The third-order valence-corrected chi connectivity index (χ3v) is 10.9. The van der Waals surface area contributed by atoms with Crippen LogP contribution in [-0.4, -0.2) is 0 Å². The van der Waals surface area contributed by atoms with Gasteiger partial charge in [0.15, 0.2) is 0 Å². The molecule has 1 aliphatic rings. The average molecular weight is 694 g/mol. The zero-order valence-corrected chi connectivity index (χ0v) is 30.9. The number of allylic oxidation sites excluding steroid dienone is 6. The zero-order chi connectivity index (χ0) is 37.1. The monoisotopic (exact) mass is 693 g/mol. The summed E-state index contributed by atoms with van der Waals surface area (Å²) in [6.45, 7) is 12.9. The number of hydrogen-bond acceptors (Lipinski definition) is 1. The normalized spacial score (nSPS) is 15.1. The number of anilines is 3. The minimum Gasteiger partial charge on any atom is -0.310 e. The van der Waals surface area contributed by atoms with E-state index < -0.39 is 5.41 Å². The maximum atomic E-state index is 4.31. The quantitative estimate of drug-likeness (QED) is 0.129. The molecule has 0 saturated heterocycles. The van der Waals surface area contributed by atoms with Gasteiger partial charge in [0.05, 0.1) is 5.41 Å². The SMILES string of the molecule is C=CC=C(C)C1(c2ccccc2)C(C)=C(C=C)c2ccc(N(c3ccc(-c4ccccc4)cc3)c3cc(-c4ccccc4)cc(-c4ccccc4)c3)cc21. The van der Waals surface area contributed by atoms with Crippen LogP contribution in [0.1, 0.15) is 30.5 Å². The predicted molar refractivity (Wildman–Crippen MR) is 231 cm³/mol. The van der Waals surface area contributed by atoms with E-state index in [4.69, 9.17) is 0 Å². The maximum Gasteiger partial charge on any atom is 0.0634 e. The standard InChI is InChI=1S/C53H43N/c1-5-19-38(3)53(46-26-17-10-18-27-46)39(4)50(6-2)51-33-32-48(37-52(51)53)54(47-30-28-43(29-31-47)40-20-11-7-12-21-40)49-35-44(41-22-13-8-14-23-41)34-45(36-49)42-24-15-9-16-25-42/h5-37H,1-2H2,3-4H3. The van der Waals surface area contributed by atoms with E-state index in [0.717, 1.165) is 28.2 Å². The lowest BCUT2D eigenvalue weighted by Crippen LogP contribution is -2.29. The molecule has 0 amide bonds. The Morgan fingerprint density at radius 3 is 1.50 bits per heavy atom. The van der Waals surface area contributed by atoms with Crippen molar-refractivity contribution in [2.24, 2.45) is 0 Å². The minimum absolute atomic E-state index is 0.492. The fraction of sp³-hybridized carbons (Fsp3) is 0.0566. The maximum absolute atomic E-state index is 4.31. The summed E-state index contributed by atoms with van der Waals surface area (Å²) < 4.78 is 0. The van der Waals surface area contributed by atoms with Crippen LogP contribution in [0.15, 0.2) is 225 Å². The molecule has 0 bridgehead atoms. The summed E-state index contributed by atoms with van der Waals surface area (Å²) in [5.74, 6) is 0. The van der Waals surface area contributed by atoms with Crippen LogP contribution in [0.5, 0.6) is 0 Å². The summed E-state index contributed by atoms with van der Waals surface area (Å²) >= 11 is 0. The number of fused-ring (bicyclic) bond motifs is 1. The van der Waals surface area contributed by atoms with E-state index in [0.29, 0.717) is 0 Å². The van der Waals surface area contributed by atoms with Crippen LogP contribution in [0, 0.1) is 0 Å². The highest BCUT2D eigenvalue weighted by molar-refractivity contribution is 5.92. The molecule has 1 unspecified atom stereocenters. The lowest BCUT2D eigenvalue weighted by molar-refractivity contribution is 0.723. The molecule has 0 heterocycles. The summed E-state index contributed by atoms with van der Waals surface area (Å²) in [5.41, 5.74) is 17.1. The molecular weight excluding hydrogens is 651 g/mol. The molecule has 1 heteroatoms. The summed E-state index contributed by atoms with van der Waals surface area (Å²) in [5, 5.41) is 0. The van der Waals surface area contributed by atoms with Gasteiger partial charge in [0.25, 0.3) is 0 Å². The van der Waals surface area contributed by atoms with Gasteiger partial charge in [-0.05, 0) is 118 Å². The molecule has 54 heavy (non-hydrogen) atoms. The molecule has 0 radical (unpaired) electrons. The van der Waals surface area contributed by atoms with Gasteiger partial charge < -0.3 is 4.90 Å². The summed E-state index contributed by atoms with van der Waals surface area (Å²) in [7, 11) is 0. The fourth-order valence-electron chi connectivity index (χ4n) is 8.40. The first-order valence-corrected chi connectivity index (χ1v) is 18.6. The number of benzene rings is 7. The van der Waals surface area contributed by atoms with E-state index in [1.54, 1.807) is 0 Å². The van der Waals surface area contributed by atoms with Gasteiger partial charge in [-0.3, -0.25) is 0 Å². The topological polar surface area (TPSA) is 3.24 Å². The molecular formula is C53H43N. The van der Waals surface area contributed by atoms with Crippen LogP contribution >= 0.6 is 0 Å². The van der Waals surface area contributed by atoms with E-state index in [-0.39, 0.29) is 0 Å². The number of rotatable bonds is 10. The van der Waals surface area contributed by atoms with Crippen molar-refractivity contribution in [2.45, 2.75) is 19.3 Å². The second-order valence-electron chi connectivity index (χ2n) is 13.9. The Hall–Kier alpha value is -6.70. The molecule has 0 saturated carbocycles.